The molecular weight excluding hydrogens is 262 g/mol. The maximum Gasteiger partial charge on any atom is 0.0771 e. The Kier molecular flexibility index (Phi) is 5.17. The van der Waals surface area contributed by atoms with E-state index >= 15 is 0 Å². The van der Waals surface area contributed by atoms with Gasteiger partial charge in [0.2, 0.25) is 0 Å². The van der Waals surface area contributed by atoms with Gasteiger partial charge in [-0.3, -0.25) is 4.68 Å². The Morgan fingerprint density at radius 3 is 3.00 bits per heavy atom. The van der Waals surface area contributed by atoms with Crippen molar-refractivity contribution in [3.63, 3.8) is 0 Å². The van der Waals surface area contributed by atoms with Crippen LogP contribution in [0.5, 0.6) is 0 Å². The van der Waals surface area contributed by atoms with Gasteiger partial charge < -0.3 is 10.1 Å². The maximum absolute atomic E-state index is 5.68. The standard InChI is InChI=1S/C17H29N3O/c1-2-14-5-3-6-15(9-8-14)19-16-11-18-20(12-16)13-17-7-4-10-21-17/h11-12,14-15,17,19H,2-10,13H2,1H3. The molecule has 1 aliphatic carbocycles. The fourth-order valence-electron chi connectivity index (χ4n) is 3.70. The molecule has 1 aliphatic heterocycles. The van der Waals surface area contributed by atoms with Crippen LogP contribution in [0.4, 0.5) is 5.69 Å². The third-order valence-corrected chi connectivity index (χ3v) is 5.08. The van der Waals surface area contributed by atoms with Crippen LogP contribution in [0.1, 0.15) is 58.3 Å². The summed E-state index contributed by atoms with van der Waals surface area (Å²) in [6.45, 7) is 4.13. The Morgan fingerprint density at radius 1 is 1.24 bits per heavy atom. The second-order valence-corrected chi connectivity index (χ2v) is 6.71. The second-order valence-electron chi connectivity index (χ2n) is 6.71. The highest BCUT2D eigenvalue weighted by atomic mass is 16.5. The quantitative estimate of drug-likeness (QED) is 0.838. The maximum atomic E-state index is 5.68. The van der Waals surface area contributed by atoms with Gasteiger partial charge in [-0.25, -0.2) is 0 Å². The molecule has 4 heteroatoms. The number of nitrogens with one attached hydrogen (secondary N) is 1. The van der Waals surface area contributed by atoms with Gasteiger partial charge in [0, 0.05) is 18.8 Å². The Hall–Kier alpha value is -1.03. The molecule has 3 atom stereocenters. The van der Waals surface area contributed by atoms with E-state index in [0.717, 1.165) is 19.1 Å². The summed E-state index contributed by atoms with van der Waals surface area (Å²) in [6, 6.07) is 0.627. The Balaban J connectivity index is 1.49. The van der Waals surface area contributed by atoms with Crippen LogP contribution < -0.4 is 5.32 Å². The zero-order chi connectivity index (χ0) is 14.5. The van der Waals surface area contributed by atoms with E-state index in [4.69, 9.17) is 4.74 Å². The number of hydrogen-bond donors (Lipinski definition) is 1. The summed E-state index contributed by atoms with van der Waals surface area (Å²) < 4.78 is 7.71. The minimum atomic E-state index is 0.362. The van der Waals surface area contributed by atoms with Gasteiger partial charge in [-0.05, 0) is 38.0 Å². The van der Waals surface area contributed by atoms with E-state index < -0.39 is 0 Å². The number of aromatic nitrogens is 2. The molecule has 1 saturated heterocycles. The predicted molar refractivity (Wildman–Crippen MR) is 85.5 cm³/mol. The molecule has 2 aliphatic rings. The number of hydrogen-bond acceptors (Lipinski definition) is 3. The van der Waals surface area contributed by atoms with Crippen molar-refractivity contribution in [2.24, 2.45) is 5.92 Å². The SMILES string of the molecule is CCC1CCCC(Nc2cnn(CC3CCCO3)c2)CC1. The van der Waals surface area contributed by atoms with Crippen molar-refractivity contribution in [3.05, 3.63) is 12.4 Å². The summed E-state index contributed by atoms with van der Waals surface area (Å²) in [4.78, 5) is 0. The summed E-state index contributed by atoms with van der Waals surface area (Å²) in [5.41, 5.74) is 1.17. The molecule has 1 saturated carbocycles. The van der Waals surface area contributed by atoms with E-state index in [1.165, 1.54) is 57.1 Å². The number of nitrogens with zero attached hydrogens (tertiary/aromatic N) is 2. The average molecular weight is 291 g/mol. The molecule has 2 fully saturated rings. The molecule has 1 aromatic rings. The molecule has 21 heavy (non-hydrogen) atoms. The summed E-state index contributed by atoms with van der Waals surface area (Å²) in [5, 5.41) is 8.16. The molecule has 3 rings (SSSR count). The highest BCUT2D eigenvalue weighted by Crippen LogP contribution is 2.27. The first kappa shape index (κ1) is 14.9. The van der Waals surface area contributed by atoms with Crippen molar-refractivity contribution in [1.29, 1.82) is 0 Å². The molecule has 118 valence electrons. The van der Waals surface area contributed by atoms with Crippen LogP contribution >= 0.6 is 0 Å². The number of ether oxygens (including phenoxy) is 1. The van der Waals surface area contributed by atoms with Gasteiger partial charge in [0.15, 0.2) is 0 Å². The molecule has 1 aromatic heterocycles. The third-order valence-electron chi connectivity index (χ3n) is 5.08. The zero-order valence-corrected chi connectivity index (χ0v) is 13.3. The lowest BCUT2D eigenvalue weighted by Gasteiger charge is -2.16. The summed E-state index contributed by atoms with van der Waals surface area (Å²) >= 11 is 0. The van der Waals surface area contributed by atoms with E-state index in [0.29, 0.717) is 12.1 Å². The molecule has 0 aromatic carbocycles. The molecule has 1 N–H and O–H groups in total. The van der Waals surface area contributed by atoms with Crippen molar-refractivity contribution >= 4 is 5.69 Å². The van der Waals surface area contributed by atoms with Gasteiger partial charge in [-0.2, -0.15) is 5.10 Å². The van der Waals surface area contributed by atoms with Crippen molar-refractivity contribution in [2.45, 2.75) is 77.0 Å². The van der Waals surface area contributed by atoms with Crippen molar-refractivity contribution in [3.8, 4) is 0 Å². The van der Waals surface area contributed by atoms with Gasteiger partial charge >= 0.3 is 0 Å². The topological polar surface area (TPSA) is 39.1 Å². The van der Waals surface area contributed by atoms with E-state index in [9.17, 15) is 0 Å². The molecular formula is C17H29N3O. The predicted octanol–water partition coefficient (Wildman–Crippen LogP) is 3.83. The molecule has 0 amide bonds. The molecule has 0 bridgehead atoms. The smallest absolute Gasteiger partial charge is 0.0771 e. The largest absolute Gasteiger partial charge is 0.380 e. The van der Waals surface area contributed by atoms with Gasteiger partial charge in [0.05, 0.1) is 24.5 Å². The van der Waals surface area contributed by atoms with Gasteiger partial charge in [0.25, 0.3) is 0 Å². The van der Waals surface area contributed by atoms with Crippen molar-refractivity contribution < 1.29 is 4.74 Å². The normalized spacial score (nSPS) is 30.2. The van der Waals surface area contributed by atoms with Gasteiger partial charge in [0.1, 0.15) is 0 Å². The molecule has 0 radical (unpaired) electrons. The summed E-state index contributed by atoms with van der Waals surface area (Å²) in [6.07, 6.45) is 14.9. The molecule has 3 unspecified atom stereocenters. The van der Waals surface area contributed by atoms with Crippen LogP contribution in [0.2, 0.25) is 0 Å². The van der Waals surface area contributed by atoms with Crippen LogP contribution in [0.15, 0.2) is 12.4 Å². The minimum Gasteiger partial charge on any atom is -0.380 e. The first-order valence-corrected chi connectivity index (χ1v) is 8.74. The second kappa shape index (κ2) is 7.30. The molecule has 4 nitrogen and oxygen atoms in total. The highest BCUT2D eigenvalue weighted by molar-refractivity contribution is 5.39. The Bertz CT molecular complexity index is 425. The Morgan fingerprint density at radius 2 is 2.19 bits per heavy atom. The number of rotatable bonds is 5. The van der Waals surface area contributed by atoms with E-state index in [1.807, 2.05) is 10.9 Å². The summed E-state index contributed by atoms with van der Waals surface area (Å²) in [5.74, 6) is 0.944. The van der Waals surface area contributed by atoms with E-state index in [2.05, 4.69) is 23.5 Å². The van der Waals surface area contributed by atoms with Crippen LogP contribution in [0.25, 0.3) is 0 Å². The molecule has 0 spiro atoms. The van der Waals surface area contributed by atoms with Crippen LogP contribution in [-0.2, 0) is 11.3 Å². The lowest BCUT2D eigenvalue weighted by Crippen LogP contribution is -2.18. The molecule has 2 heterocycles. The Labute approximate surface area is 128 Å². The zero-order valence-electron chi connectivity index (χ0n) is 13.3. The summed E-state index contributed by atoms with van der Waals surface area (Å²) in [7, 11) is 0. The highest BCUT2D eigenvalue weighted by Gasteiger charge is 2.19. The first-order chi connectivity index (χ1) is 10.3. The van der Waals surface area contributed by atoms with E-state index in [1.54, 1.807) is 0 Å². The van der Waals surface area contributed by atoms with E-state index in [-0.39, 0.29) is 0 Å². The lowest BCUT2D eigenvalue weighted by molar-refractivity contribution is 0.0940. The third kappa shape index (κ3) is 4.22. The first-order valence-electron chi connectivity index (χ1n) is 8.74. The van der Waals surface area contributed by atoms with Crippen LogP contribution in [0, 0.1) is 5.92 Å². The van der Waals surface area contributed by atoms with Gasteiger partial charge in [-0.15, -0.1) is 0 Å². The van der Waals surface area contributed by atoms with Gasteiger partial charge in [-0.1, -0.05) is 26.2 Å². The number of anilines is 1. The minimum absolute atomic E-state index is 0.362. The fraction of sp³-hybridized carbons (Fsp3) is 0.824. The monoisotopic (exact) mass is 291 g/mol. The fourth-order valence-corrected chi connectivity index (χ4v) is 3.70. The van der Waals surface area contributed by atoms with Crippen molar-refractivity contribution in [2.75, 3.05) is 11.9 Å². The van der Waals surface area contributed by atoms with Crippen LogP contribution in [-0.4, -0.2) is 28.5 Å². The lowest BCUT2D eigenvalue weighted by atomic mass is 9.98. The average Bonchev–Trinajstić information content (AvgIpc) is 3.09. The van der Waals surface area contributed by atoms with Crippen LogP contribution in [0.3, 0.4) is 0 Å². The van der Waals surface area contributed by atoms with Crippen molar-refractivity contribution in [1.82, 2.24) is 9.78 Å².